The molecule has 146 valence electrons. The fraction of sp³-hybridized carbons (Fsp3) is 0.238. The molecule has 0 atom stereocenters. The molecular weight excluding hydrogens is 378 g/mol. The van der Waals surface area contributed by atoms with Crippen LogP contribution < -0.4 is 19.5 Å². The van der Waals surface area contributed by atoms with E-state index < -0.39 is 0 Å². The fourth-order valence-electron chi connectivity index (χ4n) is 2.88. The molecule has 6 nitrogen and oxygen atoms in total. The van der Waals surface area contributed by atoms with Gasteiger partial charge in [0.2, 0.25) is 5.75 Å². The number of halogens is 1. The van der Waals surface area contributed by atoms with Crippen LogP contribution in [0.4, 0.5) is 5.69 Å². The largest absolute Gasteiger partial charge is 0.493 e. The highest BCUT2D eigenvalue weighted by Gasteiger charge is 2.12. The third-order valence-corrected chi connectivity index (χ3v) is 4.42. The van der Waals surface area contributed by atoms with Crippen molar-refractivity contribution in [3.8, 4) is 17.2 Å². The number of nitrogens with zero attached hydrogens (tertiary/aromatic N) is 2. The van der Waals surface area contributed by atoms with E-state index in [0.717, 1.165) is 22.2 Å². The summed E-state index contributed by atoms with van der Waals surface area (Å²) < 4.78 is 16.0. The van der Waals surface area contributed by atoms with Crippen LogP contribution in [0.2, 0.25) is 5.02 Å². The molecule has 3 aromatic rings. The zero-order valence-corrected chi connectivity index (χ0v) is 16.8. The van der Waals surface area contributed by atoms with Crippen molar-refractivity contribution in [1.29, 1.82) is 0 Å². The summed E-state index contributed by atoms with van der Waals surface area (Å²) in [6.45, 7) is 1.29. The first-order valence-electron chi connectivity index (χ1n) is 8.74. The number of anilines is 1. The number of methoxy groups -OCH3 is 3. The Morgan fingerprint density at radius 3 is 2.46 bits per heavy atom. The van der Waals surface area contributed by atoms with Gasteiger partial charge >= 0.3 is 0 Å². The molecule has 0 aliphatic heterocycles. The normalized spacial score (nSPS) is 11.0. The molecule has 1 heterocycles. The molecule has 0 aliphatic carbocycles. The maximum Gasteiger partial charge on any atom is 0.203 e. The van der Waals surface area contributed by atoms with Gasteiger partial charge in [-0.05, 0) is 42.0 Å². The highest BCUT2D eigenvalue weighted by molar-refractivity contribution is 6.31. The van der Waals surface area contributed by atoms with Gasteiger partial charge in [-0.2, -0.15) is 0 Å². The summed E-state index contributed by atoms with van der Waals surface area (Å²) in [4.78, 5) is 8.83. The lowest BCUT2D eigenvalue weighted by atomic mass is 10.2. The summed E-state index contributed by atoms with van der Waals surface area (Å²) in [5.41, 5.74) is 2.74. The van der Waals surface area contributed by atoms with E-state index in [1.807, 2.05) is 36.4 Å². The van der Waals surface area contributed by atoms with E-state index >= 15 is 0 Å². The lowest BCUT2D eigenvalue weighted by molar-refractivity contribution is 0.324. The topological polar surface area (TPSA) is 65.0 Å². The van der Waals surface area contributed by atoms with Crippen LogP contribution in [0.5, 0.6) is 17.2 Å². The number of hydrogen-bond donors (Lipinski definition) is 1. The summed E-state index contributed by atoms with van der Waals surface area (Å²) >= 11 is 6.03. The number of aliphatic imine (C=N–C) groups is 1. The van der Waals surface area contributed by atoms with E-state index in [4.69, 9.17) is 25.8 Å². The Kier molecular flexibility index (Phi) is 6.55. The zero-order chi connectivity index (χ0) is 19.9. The predicted molar refractivity (Wildman–Crippen MR) is 114 cm³/mol. The van der Waals surface area contributed by atoms with Crippen molar-refractivity contribution < 1.29 is 14.2 Å². The molecule has 1 aromatic heterocycles. The third-order valence-electron chi connectivity index (χ3n) is 4.19. The number of benzene rings is 2. The standard InChI is InChI=1S/C21H22ClN3O3/c1-26-19-10-14(11-20(27-2)21(19)28-3)13-23-8-9-25-17-6-7-24-18-12-15(22)4-5-16(17)18/h4-7,10-13H,8-9H2,1-3H3,(H,24,25). The molecular formula is C21H22ClN3O3. The first-order valence-corrected chi connectivity index (χ1v) is 9.12. The number of rotatable bonds is 8. The van der Waals surface area contributed by atoms with Gasteiger partial charge in [-0.3, -0.25) is 9.98 Å². The lowest BCUT2D eigenvalue weighted by Crippen LogP contribution is -2.05. The smallest absolute Gasteiger partial charge is 0.203 e. The van der Waals surface area contributed by atoms with E-state index in [1.54, 1.807) is 33.7 Å². The number of hydrogen-bond acceptors (Lipinski definition) is 6. The minimum absolute atomic E-state index is 0.563. The molecule has 0 saturated heterocycles. The summed E-state index contributed by atoms with van der Waals surface area (Å²) in [7, 11) is 4.76. The molecule has 0 bridgehead atoms. The molecule has 0 saturated carbocycles. The van der Waals surface area contributed by atoms with Gasteiger partial charge < -0.3 is 19.5 Å². The molecule has 2 aromatic carbocycles. The van der Waals surface area contributed by atoms with Gasteiger partial charge in [0, 0.05) is 35.1 Å². The average molecular weight is 400 g/mol. The van der Waals surface area contributed by atoms with Gasteiger partial charge in [0.15, 0.2) is 11.5 Å². The zero-order valence-electron chi connectivity index (χ0n) is 16.0. The predicted octanol–water partition coefficient (Wildman–Crippen LogP) is 4.45. The Morgan fingerprint density at radius 2 is 1.79 bits per heavy atom. The van der Waals surface area contributed by atoms with E-state index in [0.29, 0.717) is 35.4 Å². The quantitative estimate of drug-likeness (QED) is 0.448. The second-order valence-corrected chi connectivity index (χ2v) is 6.38. The van der Waals surface area contributed by atoms with Crippen molar-refractivity contribution in [2.45, 2.75) is 0 Å². The molecule has 3 rings (SSSR count). The Morgan fingerprint density at radius 1 is 1.04 bits per heavy atom. The van der Waals surface area contributed by atoms with E-state index in [1.165, 1.54) is 0 Å². The maximum atomic E-state index is 6.03. The van der Waals surface area contributed by atoms with Gasteiger partial charge in [-0.15, -0.1) is 0 Å². The van der Waals surface area contributed by atoms with Crippen molar-refractivity contribution >= 4 is 34.4 Å². The summed E-state index contributed by atoms with van der Waals surface area (Å²) in [5, 5.41) is 5.09. The highest BCUT2D eigenvalue weighted by Crippen LogP contribution is 2.37. The SMILES string of the molecule is COc1cc(C=NCCNc2ccnc3cc(Cl)ccc23)cc(OC)c1OC. The number of pyridine rings is 1. The minimum Gasteiger partial charge on any atom is -0.493 e. The van der Waals surface area contributed by atoms with Crippen LogP contribution in [0.15, 0.2) is 47.6 Å². The van der Waals surface area contributed by atoms with Crippen molar-refractivity contribution in [2.75, 3.05) is 39.7 Å². The molecule has 0 amide bonds. The summed E-state index contributed by atoms with van der Waals surface area (Å²) in [5.74, 6) is 1.76. The number of fused-ring (bicyclic) bond motifs is 1. The Balaban J connectivity index is 1.65. The van der Waals surface area contributed by atoms with Crippen molar-refractivity contribution in [1.82, 2.24) is 4.98 Å². The minimum atomic E-state index is 0.563. The maximum absolute atomic E-state index is 6.03. The second-order valence-electron chi connectivity index (χ2n) is 5.94. The monoisotopic (exact) mass is 399 g/mol. The fourth-order valence-corrected chi connectivity index (χ4v) is 3.04. The van der Waals surface area contributed by atoms with Crippen molar-refractivity contribution in [3.63, 3.8) is 0 Å². The number of nitrogens with one attached hydrogen (secondary N) is 1. The van der Waals surface area contributed by atoms with Crippen molar-refractivity contribution in [3.05, 3.63) is 53.2 Å². The van der Waals surface area contributed by atoms with Gasteiger partial charge in [-0.25, -0.2) is 0 Å². The molecule has 0 aliphatic rings. The average Bonchev–Trinajstić information content (AvgIpc) is 2.72. The first-order chi connectivity index (χ1) is 13.7. The molecule has 1 N–H and O–H groups in total. The first kappa shape index (κ1) is 19.8. The highest BCUT2D eigenvalue weighted by atomic mass is 35.5. The van der Waals surface area contributed by atoms with E-state index in [2.05, 4.69) is 15.3 Å². The Hall–Kier alpha value is -2.99. The van der Waals surface area contributed by atoms with E-state index in [9.17, 15) is 0 Å². The lowest BCUT2D eigenvalue weighted by Gasteiger charge is -2.12. The van der Waals surface area contributed by atoms with Crippen molar-refractivity contribution in [2.24, 2.45) is 4.99 Å². The van der Waals surface area contributed by atoms with Crippen LogP contribution >= 0.6 is 11.6 Å². The molecule has 7 heteroatoms. The molecule has 0 spiro atoms. The van der Waals surface area contributed by atoms with Crippen LogP contribution in [-0.2, 0) is 0 Å². The van der Waals surface area contributed by atoms with Crippen LogP contribution in [0.1, 0.15) is 5.56 Å². The molecule has 0 fully saturated rings. The Labute approximate surface area is 169 Å². The number of aromatic nitrogens is 1. The van der Waals surface area contributed by atoms with Gasteiger partial charge in [-0.1, -0.05) is 11.6 Å². The molecule has 0 radical (unpaired) electrons. The summed E-state index contributed by atoms with van der Waals surface area (Å²) in [6.07, 6.45) is 3.55. The van der Waals surface area contributed by atoms with Crippen LogP contribution in [0.3, 0.4) is 0 Å². The van der Waals surface area contributed by atoms with Gasteiger partial charge in [0.05, 0.1) is 33.4 Å². The molecule has 28 heavy (non-hydrogen) atoms. The van der Waals surface area contributed by atoms with Crippen LogP contribution in [0.25, 0.3) is 10.9 Å². The van der Waals surface area contributed by atoms with E-state index in [-0.39, 0.29) is 0 Å². The number of ether oxygens (including phenoxy) is 3. The second kappa shape index (κ2) is 9.28. The van der Waals surface area contributed by atoms with Crippen LogP contribution in [0, 0.1) is 0 Å². The third kappa shape index (κ3) is 4.46. The van der Waals surface area contributed by atoms with Gasteiger partial charge in [0.25, 0.3) is 0 Å². The van der Waals surface area contributed by atoms with Crippen LogP contribution in [-0.4, -0.2) is 45.6 Å². The Bertz CT molecular complexity index is 967. The molecule has 0 unspecified atom stereocenters. The van der Waals surface area contributed by atoms with Gasteiger partial charge in [0.1, 0.15) is 0 Å². The summed E-state index contributed by atoms with van der Waals surface area (Å²) in [6, 6.07) is 11.3.